The van der Waals surface area contributed by atoms with Gasteiger partial charge in [0.25, 0.3) is 0 Å². The number of ether oxygens (including phenoxy) is 1. The maximum Gasteiger partial charge on any atom is 0.340 e. The molecule has 1 atom stereocenters. The minimum Gasteiger partial charge on any atom is -0.464 e. The Bertz CT molecular complexity index is 306. The Morgan fingerprint density at radius 1 is 1.57 bits per heavy atom. The summed E-state index contributed by atoms with van der Waals surface area (Å²) in [5, 5.41) is 9.56. The van der Waals surface area contributed by atoms with E-state index in [4.69, 9.17) is 4.74 Å². The van der Waals surface area contributed by atoms with Crippen molar-refractivity contribution < 1.29 is 14.6 Å². The van der Waals surface area contributed by atoms with Gasteiger partial charge in [0, 0.05) is 9.75 Å². The number of aryl methyl sites for hydroxylation is 1. The van der Waals surface area contributed by atoms with Crippen LogP contribution in [0.25, 0.3) is 0 Å². The lowest BCUT2D eigenvalue weighted by Crippen LogP contribution is -2.14. The number of esters is 1. The summed E-state index contributed by atoms with van der Waals surface area (Å²) in [6, 6.07) is 3.69. The van der Waals surface area contributed by atoms with Gasteiger partial charge in [-0.2, -0.15) is 0 Å². The van der Waals surface area contributed by atoms with E-state index < -0.39 is 12.1 Å². The van der Waals surface area contributed by atoms with Crippen molar-refractivity contribution in [3.63, 3.8) is 0 Å². The fourth-order valence-corrected chi connectivity index (χ4v) is 2.00. The Hall–Kier alpha value is -0.870. The van der Waals surface area contributed by atoms with E-state index in [2.05, 4.69) is 0 Å². The Morgan fingerprint density at radius 2 is 2.29 bits per heavy atom. The lowest BCUT2D eigenvalue weighted by atomic mass is 10.3. The van der Waals surface area contributed by atoms with Gasteiger partial charge < -0.3 is 9.84 Å². The van der Waals surface area contributed by atoms with Crippen LogP contribution in [-0.4, -0.2) is 17.7 Å². The number of carbonyl (C=O) groups excluding carboxylic acids is 1. The molecule has 78 valence electrons. The summed E-state index contributed by atoms with van der Waals surface area (Å²) < 4.78 is 4.72. The van der Waals surface area contributed by atoms with E-state index in [-0.39, 0.29) is 0 Å². The van der Waals surface area contributed by atoms with Crippen LogP contribution in [0.3, 0.4) is 0 Å². The molecule has 0 aliphatic rings. The van der Waals surface area contributed by atoms with E-state index in [1.165, 1.54) is 11.3 Å². The van der Waals surface area contributed by atoms with E-state index >= 15 is 0 Å². The molecule has 0 aromatic carbocycles. The zero-order valence-electron chi connectivity index (χ0n) is 8.32. The molecule has 1 rings (SSSR count). The monoisotopic (exact) mass is 214 g/mol. The first-order valence-electron chi connectivity index (χ1n) is 4.62. The molecule has 0 aliphatic carbocycles. The normalized spacial score (nSPS) is 12.5. The highest BCUT2D eigenvalue weighted by atomic mass is 32.1. The third kappa shape index (κ3) is 2.56. The van der Waals surface area contributed by atoms with Gasteiger partial charge in [-0.25, -0.2) is 4.79 Å². The van der Waals surface area contributed by atoms with Gasteiger partial charge >= 0.3 is 5.97 Å². The molecule has 0 radical (unpaired) electrons. The Kier molecular flexibility index (Phi) is 4.10. The third-order valence-corrected chi connectivity index (χ3v) is 3.09. The number of aliphatic hydroxyl groups excluding tert-OH is 1. The van der Waals surface area contributed by atoms with Crippen molar-refractivity contribution >= 4 is 17.3 Å². The first-order chi connectivity index (χ1) is 6.69. The van der Waals surface area contributed by atoms with Crippen molar-refractivity contribution in [3.05, 3.63) is 21.9 Å². The van der Waals surface area contributed by atoms with Gasteiger partial charge in [-0.15, -0.1) is 11.3 Å². The molecule has 1 aromatic heterocycles. The summed E-state index contributed by atoms with van der Waals surface area (Å²) in [6.45, 7) is 4.05. The highest BCUT2D eigenvalue weighted by Crippen LogP contribution is 2.24. The predicted molar refractivity (Wildman–Crippen MR) is 55.3 cm³/mol. The first kappa shape index (κ1) is 11.2. The summed E-state index contributed by atoms with van der Waals surface area (Å²) in [5.74, 6) is -0.572. The molecule has 1 heterocycles. The standard InChI is InChI=1S/C10H14O3S/c1-3-7-5-6-8(14-7)9(11)10(12)13-4-2/h5-6,9,11H,3-4H2,1-2H3/t9-/m1/s1. The predicted octanol–water partition coefficient (Wildman–Crippen LogP) is 1.91. The van der Waals surface area contributed by atoms with Crippen LogP contribution < -0.4 is 0 Å². The minimum atomic E-state index is -1.12. The fraction of sp³-hybridized carbons (Fsp3) is 0.500. The molecule has 0 amide bonds. The topological polar surface area (TPSA) is 46.5 Å². The average molecular weight is 214 g/mol. The maximum atomic E-state index is 11.2. The molecule has 4 heteroatoms. The summed E-state index contributed by atoms with van der Waals surface area (Å²) in [7, 11) is 0. The van der Waals surface area contributed by atoms with Crippen molar-refractivity contribution in [2.24, 2.45) is 0 Å². The molecule has 0 unspecified atom stereocenters. The number of hydrogen-bond acceptors (Lipinski definition) is 4. The molecular weight excluding hydrogens is 200 g/mol. The molecule has 1 aromatic rings. The van der Waals surface area contributed by atoms with Gasteiger partial charge in [0.05, 0.1) is 6.61 Å². The van der Waals surface area contributed by atoms with Crippen LogP contribution in [-0.2, 0) is 16.0 Å². The third-order valence-electron chi connectivity index (χ3n) is 1.81. The highest BCUT2D eigenvalue weighted by Gasteiger charge is 2.19. The second kappa shape index (κ2) is 5.12. The van der Waals surface area contributed by atoms with Crippen LogP contribution >= 0.6 is 11.3 Å². The van der Waals surface area contributed by atoms with Crippen molar-refractivity contribution in [2.45, 2.75) is 26.4 Å². The molecule has 0 saturated carbocycles. The van der Waals surface area contributed by atoms with E-state index in [1.54, 1.807) is 13.0 Å². The number of aliphatic hydroxyl groups is 1. The van der Waals surface area contributed by atoms with Crippen molar-refractivity contribution in [3.8, 4) is 0 Å². The van der Waals surface area contributed by atoms with Gasteiger partial charge in [-0.1, -0.05) is 6.92 Å². The number of rotatable bonds is 4. The van der Waals surface area contributed by atoms with Gasteiger partial charge in [-0.05, 0) is 25.5 Å². The SMILES string of the molecule is CCOC(=O)[C@H](O)c1ccc(CC)s1. The first-order valence-corrected chi connectivity index (χ1v) is 5.44. The summed E-state index contributed by atoms with van der Waals surface area (Å²) in [5.41, 5.74) is 0. The second-order valence-corrected chi connectivity index (χ2v) is 4.01. The van der Waals surface area contributed by atoms with Crippen LogP contribution in [0, 0.1) is 0 Å². The Balaban J connectivity index is 2.68. The summed E-state index contributed by atoms with van der Waals surface area (Å²) in [4.78, 5) is 13.0. The molecule has 0 spiro atoms. The number of carbonyl (C=O) groups is 1. The van der Waals surface area contributed by atoms with Crippen molar-refractivity contribution in [1.29, 1.82) is 0 Å². The second-order valence-electron chi connectivity index (χ2n) is 2.81. The van der Waals surface area contributed by atoms with Crippen LogP contribution in [0.1, 0.15) is 29.7 Å². The lowest BCUT2D eigenvalue weighted by Gasteiger charge is -2.06. The van der Waals surface area contributed by atoms with Crippen LogP contribution in [0.2, 0.25) is 0 Å². The molecule has 0 fully saturated rings. The highest BCUT2D eigenvalue weighted by molar-refractivity contribution is 7.12. The molecular formula is C10H14O3S. The number of thiophene rings is 1. The quantitative estimate of drug-likeness (QED) is 0.779. The molecule has 14 heavy (non-hydrogen) atoms. The molecule has 0 aliphatic heterocycles. The largest absolute Gasteiger partial charge is 0.464 e. The zero-order valence-corrected chi connectivity index (χ0v) is 9.13. The smallest absolute Gasteiger partial charge is 0.340 e. The van der Waals surface area contributed by atoms with Crippen molar-refractivity contribution in [2.75, 3.05) is 6.61 Å². The maximum absolute atomic E-state index is 11.2. The molecule has 3 nitrogen and oxygen atoms in total. The summed E-state index contributed by atoms with van der Waals surface area (Å²) in [6.07, 6.45) is -0.208. The van der Waals surface area contributed by atoms with E-state index in [0.717, 1.165) is 11.3 Å². The van der Waals surface area contributed by atoms with Crippen LogP contribution in [0.4, 0.5) is 0 Å². The van der Waals surface area contributed by atoms with Gasteiger partial charge in [0.15, 0.2) is 6.10 Å². The van der Waals surface area contributed by atoms with E-state index in [9.17, 15) is 9.90 Å². The van der Waals surface area contributed by atoms with Crippen LogP contribution in [0.15, 0.2) is 12.1 Å². The van der Waals surface area contributed by atoms with Crippen LogP contribution in [0.5, 0.6) is 0 Å². The van der Waals surface area contributed by atoms with Gasteiger partial charge in [0.1, 0.15) is 0 Å². The molecule has 0 saturated heterocycles. The molecule has 1 N–H and O–H groups in total. The van der Waals surface area contributed by atoms with Crippen molar-refractivity contribution in [1.82, 2.24) is 0 Å². The van der Waals surface area contributed by atoms with Gasteiger partial charge in [-0.3, -0.25) is 0 Å². The Morgan fingerprint density at radius 3 is 2.79 bits per heavy atom. The van der Waals surface area contributed by atoms with E-state index in [1.807, 2.05) is 13.0 Å². The Labute approximate surface area is 87.3 Å². The fourth-order valence-electron chi connectivity index (χ4n) is 1.07. The van der Waals surface area contributed by atoms with E-state index in [0.29, 0.717) is 11.5 Å². The number of hydrogen-bond donors (Lipinski definition) is 1. The lowest BCUT2D eigenvalue weighted by molar-refractivity contribution is -0.153. The zero-order chi connectivity index (χ0) is 10.6. The average Bonchev–Trinajstić information content (AvgIpc) is 2.65. The minimum absolute atomic E-state index is 0.294. The molecule has 0 bridgehead atoms. The van der Waals surface area contributed by atoms with Gasteiger partial charge in [0.2, 0.25) is 0 Å². The summed E-state index contributed by atoms with van der Waals surface area (Å²) >= 11 is 1.44.